The van der Waals surface area contributed by atoms with Gasteiger partial charge in [0.25, 0.3) is 0 Å². The van der Waals surface area contributed by atoms with Crippen molar-refractivity contribution in [3.8, 4) is 0 Å². The van der Waals surface area contributed by atoms with E-state index in [9.17, 15) is 18.0 Å². The molecule has 1 aromatic rings. The van der Waals surface area contributed by atoms with E-state index < -0.39 is 15.6 Å². The van der Waals surface area contributed by atoms with Crippen molar-refractivity contribution in [1.82, 2.24) is 4.72 Å². The largest absolute Gasteiger partial charge is 0.298 e. The number of hydrogen-bond donors (Lipinski definition) is 1. The first-order valence-corrected chi connectivity index (χ1v) is 17.7. The summed E-state index contributed by atoms with van der Waals surface area (Å²) in [6.45, 7) is 3.33. The van der Waals surface area contributed by atoms with E-state index in [0.29, 0.717) is 53.9 Å². The average Bonchev–Trinajstić information content (AvgIpc) is 2.86. The Morgan fingerprint density at radius 3 is 1.68 bits per heavy atom. The summed E-state index contributed by atoms with van der Waals surface area (Å²) in [7, 11) is -4.05. The maximum absolute atomic E-state index is 13.5. The SMILES string of the molecule is CC(C)(NS(=O)(=O)c1ccc(C(=O)CC2C3CC4CC(C3)CC2C4)cc1Cl)C(=O)CC1C2CC3CC(C2)CC1C3. The van der Waals surface area contributed by atoms with Crippen LogP contribution in [0.4, 0.5) is 0 Å². The monoisotopic (exact) mass is 585 g/mol. The molecule has 8 aliphatic rings. The summed E-state index contributed by atoms with van der Waals surface area (Å²) in [5.74, 6) is 6.81. The van der Waals surface area contributed by atoms with E-state index in [0.717, 1.165) is 23.7 Å². The van der Waals surface area contributed by atoms with Gasteiger partial charge in [0.05, 0.1) is 10.6 Å². The third-order valence-corrected chi connectivity index (χ3v) is 14.5. The van der Waals surface area contributed by atoms with Crippen molar-refractivity contribution in [2.75, 3.05) is 0 Å². The lowest BCUT2D eigenvalue weighted by Gasteiger charge is -2.54. The fraction of sp³-hybridized carbons (Fsp3) is 0.758. The van der Waals surface area contributed by atoms with Crippen LogP contribution in [-0.2, 0) is 14.8 Å². The number of carbonyl (C=O) groups excluding carboxylic acids is 2. The molecule has 0 saturated heterocycles. The van der Waals surface area contributed by atoms with Gasteiger partial charge in [-0.05, 0) is 155 Å². The van der Waals surface area contributed by atoms with Crippen LogP contribution in [0.1, 0.15) is 101 Å². The number of benzene rings is 1. The minimum atomic E-state index is -4.05. The number of ketones is 2. The molecule has 8 aliphatic carbocycles. The van der Waals surface area contributed by atoms with E-state index in [-0.39, 0.29) is 21.5 Å². The molecule has 7 heteroatoms. The number of Topliss-reactive ketones (excluding diaryl/α,β-unsaturated/α-hetero) is 2. The molecule has 8 fully saturated rings. The summed E-state index contributed by atoms with van der Waals surface area (Å²) in [6, 6.07) is 4.55. The van der Waals surface area contributed by atoms with E-state index in [1.54, 1.807) is 19.9 Å². The van der Waals surface area contributed by atoms with E-state index in [1.807, 2.05) is 0 Å². The first-order chi connectivity index (χ1) is 18.9. The molecule has 0 radical (unpaired) electrons. The fourth-order valence-electron chi connectivity index (χ4n) is 10.9. The summed E-state index contributed by atoms with van der Waals surface area (Å²) in [6.07, 6.45) is 13.8. The molecule has 0 atom stereocenters. The Balaban J connectivity index is 1.01. The van der Waals surface area contributed by atoms with Gasteiger partial charge in [0.2, 0.25) is 10.0 Å². The molecule has 8 saturated carbocycles. The van der Waals surface area contributed by atoms with Gasteiger partial charge in [-0.3, -0.25) is 9.59 Å². The molecule has 0 spiro atoms. The maximum Gasteiger partial charge on any atom is 0.242 e. The maximum atomic E-state index is 13.5. The Hall–Kier alpha value is -1.24. The first kappa shape index (κ1) is 27.6. The van der Waals surface area contributed by atoms with Crippen LogP contribution in [0.3, 0.4) is 0 Å². The third kappa shape index (κ3) is 4.92. The van der Waals surface area contributed by atoms with Crippen LogP contribution < -0.4 is 4.72 Å². The van der Waals surface area contributed by atoms with Gasteiger partial charge in [-0.2, -0.15) is 4.72 Å². The van der Waals surface area contributed by atoms with Crippen LogP contribution in [0.2, 0.25) is 5.02 Å². The molecule has 1 aromatic carbocycles. The quantitative estimate of drug-likeness (QED) is 0.314. The Labute approximate surface area is 244 Å². The molecular weight excluding hydrogens is 542 g/mol. The van der Waals surface area contributed by atoms with Crippen LogP contribution in [0.25, 0.3) is 0 Å². The second kappa shape index (κ2) is 9.91. The standard InChI is InChI=1S/C33H44ClNO4S/c1-33(2,32(37)17-28-25-11-20-6-21(13-25)14-26(28)12-20)35-40(38,39)31-4-3-22(15-29(31)34)30(36)16-27-23-7-18-5-19(9-23)10-24(27)8-18/h3-4,15,18-21,23-28,35H,5-14,16-17H2,1-2H3. The summed E-state index contributed by atoms with van der Waals surface area (Å²) in [4.78, 5) is 26.7. The molecule has 5 nitrogen and oxygen atoms in total. The smallest absolute Gasteiger partial charge is 0.242 e. The number of hydrogen-bond acceptors (Lipinski definition) is 4. The zero-order valence-electron chi connectivity index (χ0n) is 23.9. The summed E-state index contributed by atoms with van der Waals surface area (Å²) in [5, 5.41) is 0.0349. The number of sulfonamides is 1. The minimum Gasteiger partial charge on any atom is -0.298 e. The highest BCUT2D eigenvalue weighted by atomic mass is 35.5. The van der Waals surface area contributed by atoms with Crippen LogP contribution in [0, 0.1) is 59.2 Å². The summed E-state index contributed by atoms with van der Waals surface area (Å²) >= 11 is 6.51. The fourth-order valence-corrected chi connectivity index (χ4v) is 12.8. The number of carbonyl (C=O) groups is 2. The molecule has 9 rings (SSSR count). The van der Waals surface area contributed by atoms with Gasteiger partial charge in [0.15, 0.2) is 11.6 Å². The van der Waals surface area contributed by atoms with E-state index in [2.05, 4.69) is 4.72 Å². The third-order valence-electron chi connectivity index (χ3n) is 12.3. The number of rotatable bonds is 9. The van der Waals surface area contributed by atoms with E-state index >= 15 is 0 Å². The van der Waals surface area contributed by atoms with Crippen molar-refractivity contribution >= 4 is 33.2 Å². The van der Waals surface area contributed by atoms with E-state index in [4.69, 9.17) is 11.6 Å². The zero-order valence-corrected chi connectivity index (χ0v) is 25.5. The van der Waals surface area contributed by atoms with Crippen LogP contribution in [0.5, 0.6) is 0 Å². The van der Waals surface area contributed by atoms with Crippen molar-refractivity contribution in [2.24, 2.45) is 59.2 Å². The van der Waals surface area contributed by atoms with Crippen molar-refractivity contribution in [1.29, 1.82) is 0 Å². The molecule has 0 unspecified atom stereocenters. The predicted molar refractivity (Wildman–Crippen MR) is 155 cm³/mol. The van der Waals surface area contributed by atoms with Gasteiger partial charge in [-0.25, -0.2) is 8.42 Å². The topological polar surface area (TPSA) is 80.3 Å². The summed E-state index contributed by atoms with van der Waals surface area (Å²) in [5.41, 5.74) is -0.750. The molecular formula is C33H44ClNO4S. The minimum absolute atomic E-state index is 0.0349. The van der Waals surface area contributed by atoms with Gasteiger partial charge in [0, 0.05) is 18.4 Å². The lowest BCUT2D eigenvalue weighted by molar-refractivity contribution is -0.128. The van der Waals surface area contributed by atoms with Crippen LogP contribution in [0.15, 0.2) is 23.1 Å². The van der Waals surface area contributed by atoms with Crippen molar-refractivity contribution in [3.05, 3.63) is 28.8 Å². The van der Waals surface area contributed by atoms with E-state index in [1.165, 1.54) is 76.3 Å². The van der Waals surface area contributed by atoms with Crippen LogP contribution in [-0.4, -0.2) is 25.5 Å². The molecule has 218 valence electrons. The highest BCUT2D eigenvalue weighted by Crippen LogP contribution is 2.58. The predicted octanol–water partition coefficient (Wildman–Crippen LogP) is 7.07. The second-order valence-corrected chi connectivity index (χ2v) is 17.4. The number of halogens is 1. The Kier molecular flexibility index (Phi) is 6.83. The van der Waals surface area contributed by atoms with Gasteiger partial charge in [-0.1, -0.05) is 11.6 Å². The van der Waals surface area contributed by atoms with Gasteiger partial charge in [-0.15, -0.1) is 0 Å². The Morgan fingerprint density at radius 1 is 0.775 bits per heavy atom. The van der Waals surface area contributed by atoms with Crippen molar-refractivity contribution < 1.29 is 18.0 Å². The van der Waals surface area contributed by atoms with Gasteiger partial charge in [0.1, 0.15) is 4.90 Å². The average molecular weight is 586 g/mol. The molecule has 0 aromatic heterocycles. The van der Waals surface area contributed by atoms with Gasteiger partial charge >= 0.3 is 0 Å². The Bertz CT molecular complexity index is 1260. The lowest BCUT2D eigenvalue weighted by Crippen LogP contribution is -2.52. The van der Waals surface area contributed by atoms with Crippen LogP contribution >= 0.6 is 11.6 Å². The first-order valence-electron chi connectivity index (χ1n) is 15.8. The Morgan fingerprint density at radius 2 is 1.23 bits per heavy atom. The highest BCUT2D eigenvalue weighted by molar-refractivity contribution is 7.89. The zero-order chi connectivity index (χ0) is 28.0. The summed E-state index contributed by atoms with van der Waals surface area (Å²) < 4.78 is 29.6. The molecule has 0 aliphatic heterocycles. The normalized spacial score (nSPS) is 39.6. The molecule has 0 amide bonds. The van der Waals surface area contributed by atoms with Gasteiger partial charge < -0.3 is 0 Å². The molecule has 40 heavy (non-hydrogen) atoms. The molecule has 0 heterocycles. The second-order valence-electron chi connectivity index (χ2n) is 15.3. The highest BCUT2D eigenvalue weighted by Gasteiger charge is 2.50. The molecule has 1 N–H and O–H groups in total. The van der Waals surface area contributed by atoms with Crippen molar-refractivity contribution in [2.45, 2.75) is 101 Å². The number of nitrogens with one attached hydrogen (secondary N) is 1. The molecule has 8 bridgehead atoms. The van der Waals surface area contributed by atoms with Crippen molar-refractivity contribution in [3.63, 3.8) is 0 Å². The lowest BCUT2D eigenvalue weighted by atomic mass is 9.51.